The lowest BCUT2D eigenvalue weighted by molar-refractivity contribution is 0.821. The van der Waals surface area contributed by atoms with Crippen molar-refractivity contribution in [2.75, 3.05) is 0 Å². The summed E-state index contributed by atoms with van der Waals surface area (Å²) in [6.07, 6.45) is 2.44. The number of aryl methyl sites for hydroxylation is 1. The second-order valence-corrected chi connectivity index (χ2v) is 4.55. The molecule has 0 aromatic carbocycles. The van der Waals surface area contributed by atoms with Crippen LogP contribution in [0.1, 0.15) is 24.0 Å². The third-order valence-corrected chi connectivity index (χ3v) is 3.33. The third kappa shape index (κ3) is 2.94. The Morgan fingerprint density at radius 3 is 2.93 bits per heavy atom. The van der Waals surface area contributed by atoms with Crippen LogP contribution in [0.2, 0.25) is 0 Å². The molecule has 2 rings (SSSR count). The van der Waals surface area contributed by atoms with Crippen LogP contribution in [0.3, 0.4) is 0 Å². The number of nitrogens with two attached hydrogens (primary N) is 1. The molecule has 4 N–H and O–H groups in total. The van der Waals surface area contributed by atoms with Crippen molar-refractivity contribution in [1.82, 2.24) is 10.7 Å². The molecule has 15 heavy (non-hydrogen) atoms. The standard InChI is InChI=1S/C10H16N4S/c1-7-5-15-6-8(7)4-12-10(14-11)13-9-2-3-9/h5-6,9H,2-4,11H2,1H3,(H2,12,13,14). The number of aliphatic imine (C=N–C) groups is 1. The Morgan fingerprint density at radius 2 is 2.40 bits per heavy atom. The van der Waals surface area contributed by atoms with Gasteiger partial charge < -0.3 is 5.32 Å². The van der Waals surface area contributed by atoms with Gasteiger partial charge in [0.15, 0.2) is 0 Å². The van der Waals surface area contributed by atoms with Gasteiger partial charge in [-0.25, -0.2) is 10.8 Å². The maximum absolute atomic E-state index is 5.39. The Labute approximate surface area is 93.6 Å². The van der Waals surface area contributed by atoms with Crippen LogP contribution in [0, 0.1) is 6.92 Å². The van der Waals surface area contributed by atoms with Crippen molar-refractivity contribution in [2.24, 2.45) is 10.8 Å². The number of hydrazine groups is 1. The highest BCUT2D eigenvalue weighted by Crippen LogP contribution is 2.18. The van der Waals surface area contributed by atoms with Crippen molar-refractivity contribution in [3.63, 3.8) is 0 Å². The van der Waals surface area contributed by atoms with Crippen molar-refractivity contribution < 1.29 is 0 Å². The van der Waals surface area contributed by atoms with Crippen LogP contribution < -0.4 is 16.6 Å². The molecule has 1 aromatic rings. The minimum absolute atomic E-state index is 0.573. The van der Waals surface area contributed by atoms with E-state index in [9.17, 15) is 0 Å². The maximum Gasteiger partial charge on any atom is 0.206 e. The molecular formula is C10H16N4S. The van der Waals surface area contributed by atoms with E-state index in [2.05, 4.69) is 33.4 Å². The summed E-state index contributed by atoms with van der Waals surface area (Å²) < 4.78 is 0. The molecule has 1 saturated carbocycles. The fraction of sp³-hybridized carbons (Fsp3) is 0.500. The number of thiophene rings is 1. The summed E-state index contributed by atoms with van der Waals surface area (Å²) in [6.45, 7) is 2.79. The van der Waals surface area contributed by atoms with Gasteiger partial charge in [-0.3, -0.25) is 5.43 Å². The molecule has 4 nitrogen and oxygen atoms in total. The number of guanidine groups is 1. The number of nitrogens with one attached hydrogen (secondary N) is 2. The van der Waals surface area contributed by atoms with Gasteiger partial charge in [-0.05, 0) is 41.7 Å². The first-order valence-corrected chi connectivity index (χ1v) is 6.03. The van der Waals surface area contributed by atoms with E-state index in [4.69, 9.17) is 5.84 Å². The van der Waals surface area contributed by atoms with Crippen LogP contribution in [-0.4, -0.2) is 12.0 Å². The SMILES string of the molecule is Cc1cscc1CN=C(NN)NC1CC1. The van der Waals surface area contributed by atoms with E-state index in [0.717, 1.165) is 0 Å². The van der Waals surface area contributed by atoms with E-state index in [0.29, 0.717) is 18.5 Å². The molecule has 1 heterocycles. The van der Waals surface area contributed by atoms with Gasteiger partial charge in [-0.15, -0.1) is 0 Å². The number of hydrogen-bond acceptors (Lipinski definition) is 3. The van der Waals surface area contributed by atoms with Crippen molar-refractivity contribution in [2.45, 2.75) is 32.4 Å². The Bertz CT molecular complexity index is 354. The number of nitrogens with zero attached hydrogens (tertiary/aromatic N) is 1. The Hall–Kier alpha value is -1.07. The zero-order valence-corrected chi connectivity index (χ0v) is 9.60. The van der Waals surface area contributed by atoms with E-state index < -0.39 is 0 Å². The summed E-state index contributed by atoms with van der Waals surface area (Å²) >= 11 is 1.71. The molecule has 1 aromatic heterocycles. The van der Waals surface area contributed by atoms with Gasteiger partial charge in [0.25, 0.3) is 0 Å². The van der Waals surface area contributed by atoms with E-state index in [1.807, 2.05) is 0 Å². The molecule has 0 aliphatic heterocycles. The molecule has 0 radical (unpaired) electrons. The van der Waals surface area contributed by atoms with Gasteiger partial charge in [0.2, 0.25) is 5.96 Å². The lowest BCUT2D eigenvalue weighted by Gasteiger charge is -2.07. The van der Waals surface area contributed by atoms with Crippen LogP contribution in [-0.2, 0) is 6.54 Å². The molecule has 0 atom stereocenters. The Kier molecular flexibility index (Phi) is 3.23. The Morgan fingerprint density at radius 1 is 1.60 bits per heavy atom. The molecule has 1 fully saturated rings. The summed E-state index contributed by atoms with van der Waals surface area (Å²) in [5.41, 5.74) is 5.16. The van der Waals surface area contributed by atoms with Gasteiger partial charge >= 0.3 is 0 Å². The monoisotopic (exact) mass is 224 g/mol. The summed E-state index contributed by atoms with van der Waals surface area (Å²) in [5.74, 6) is 6.08. The van der Waals surface area contributed by atoms with Crippen LogP contribution in [0.25, 0.3) is 0 Å². The minimum atomic E-state index is 0.573. The first-order valence-electron chi connectivity index (χ1n) is 5.09. The minimum Gasteiger partial charge on any atom is -0.353 e. The molecule has 1 aliphatic carbocycles. The quantitative estimate of drug-likeness (QED) is 0.312. The first-order chi connectivity index (χ1) is 7.29. The fourth-order valence-corrected chi connectivity index (χ4v) is 2.12. The zero-order chi connectivity index (χ0) is 10.7. The highest BCUT2D eigenvalue weighted by Gasteiger charge is 2.21. The van der Waals surface area contributed by atoms with Crippen molar-refractivity contribution in [1.29, 1.82) is 0 Å². The van der Waals surface area contributed by atoms with Crippen molar-refractivity contribution >= 4 is 17.3 Å². The molecule has 0 spiro atoms. The molecule has 82 valence electrons. The average molecular weight is 224 g/mol. The van der Waals surface area contributed by atoms with Gasteiger partial charge in [0, 0.05) is 6.04 Å². The number of rotatable bonds is 3. The maximum atomic E-state index is 5.39. The van der Waals surface area contributed by atoms with Gasteiger partial charge in [-0.2, -0.15) is 11.3 Å². The average Bonchev–Trinajstić information content (AvgIpc) is 2.96. The summed E-state index contributed by atoms with van der Waals surface area (Å²) in [5, 5.41) is 7.50. The van der Waals surface area contributed by atoms with E-state index >= 15 is 0 Å². The molecule has 0 amide bonds. The normalized spacial score (nSPS) is 16.5. The van der Waals surface area contributed by atoms with Crippen molar-refractivity contribution in [3.05, 3.63) is 21.9 Å². The molecule has 1 aliphatic rings. The summed E-state index contributed by atoms with van der Waals surface area (Å²) in [4.78, 5) is 4.40. The van der Waals surface area contributed by atoms with Crippen LogP contribution in [0.4, 0.5) is 0 Å². The summed E-state index contributed by atoms with van der Waals surface area (Å²) in [6, 6.07) is 0.573. The molecule has 5 heteroatoms. The van der Waals surface area contributed by atoms with Gasteiger partial charge in [0.05, 0.1) is 6.54 Å². The Balaban J connectivity index is 1.92. The second-order valence-electron chi connectivity index (χ2n) is 3.81. The van der Waals surface area contributed by atoms with Crippen LogP contribution in [0.15, 0.2) is 15.8 Å². The lowest BCUT2D eigenvalue weighted by Crippen LogP contribution is -2.42. The predicted octanol–water partition coefficient (Wildman–Crippen LogP) is 1.13. The van der Waals surface area contributed by atoms with Crippen LogP contribution >= 0.6 is 11.3 Å². The lowest BCUT2D eigenvalue weighted by atomic mass is 10.2. The van der Waals surface area contributed by atoms with Gasteiger partial charge in [-0.1, -0.05) is 0 Å². The highest BCUT2D eigenvalue weighted by molar-refractivity contribution is 7.08. The molecule has 0 unspecified atom stereocenters. The van der Waals surface area contributed by atoms with E-state index in [1.165, 1.54) is 24.0 Å². The largest absolute Gasteiger partial charge is 0.353 e. The van der Waals surface area contributed by atoms with E-state index in [-0.39, 0.29) is 0 Å². The fourth-order valence-electron chi connectivity index (χ4n) is 1.27. The number of hydrogen-bond donors (Lipinski definition) is 3. The third-order valence-electron chi connectivity index (χ3n) is 2.42. The van der Waals surface area contributed by atoms with Gasteiger partial charge in [0.1, 0.15) is 0 Å². The topological polar surface area (TPSA) is 62.4 Å². The summed E-state index contributed by atoms with van der Waals surface area (Å²) in [7, 11) is 0. The predicted molar refractivity (Wildman–Crippen MR) is 63.7 cm³/mol. The zero-order valence-electron chi connectivity index (χ0n) is 8.79. The molecular weight excluding hydrogens is 208 g/mol. The molecule has 0 bridgehead atoms. The highest BCUT2D eigenvalue weighted by atomic mass is 32.1. The van der Waals surface area contributed by atoms with Crippen molar-refractivity contribution in [3.8, 4) is 0 Å². The smallest absolute Gasteiger partial charge is 0.206 e. The van der Waals surface area contributed by atoms with Crippen LogP contribution in [0.5, 0.6) is 0 Å². The van der Waals surface area contributed by atoms with E-state index in [1.54, 1.807) is 11.3 Å². The molecule has 0 saturated heterocycles. The second kappa shape index (κ2) is 4.63. The first kappa shape index (κ1) is 10.4.